The van der Waals surface area contributed by atoms with Gasteiger partial charge in [0, 0.05) is 36.8 Å². The van der Waals surface area contributed by atoms with Crippen molar-refractivity contribution in [1.82, 2.24) is 14.8 Å². The molecule has 5 heteroatoms. The maximum atomic E-state index is 10.7. The summed E-state index contributed by atoms with van der Waals surface area (Å²) < 4.78 is 1.61. The Kier molecular flexibility index (Phi) is 2.68. The van der Waals surface area contributed by atoms with Crippen molar-refractivity contribution in [2.75, 3.05) is 0 Å². The predicted octanol–water partition coefficient (Wildman–Crippen LogP) is 1.11. The molecule has 0 amide bonds. The Morgan fingerprint density at radius 2 is 2.38 bits per heavy atom. The maximum absolute atomic E-state index is 10.7. The van der Waals surface area contributed by atoms with Crippen molar-refractivity contribution in [1.29, 1.82) is 0 Å². The maximum Gasteiger partial charge on any atom is 0.309 e. The molecule has 0 aliphatic carbocycles. The molecule has 0 saturated heterocycles. The topological polar surface area (TPSA) is 68.0 Å². The number of hydrogen-bond donors (Lipinski definition) is 1. The summed E-state index contributed by atoms with van der Waals surface area (Å²) in [6, 6.07) is 3.70. The molecule has 0 aliphatic rings. The van der Waals surface area contributed by atoms with Crippen LogP contribution in [0.25, 0.3) is 11.1 Å². The van der Waals surface area contributed by atoms with Gasteiger partial charge in [0.1, 0.15) is 0 Å². The fourth-order valence-corrected chi connectivity index (χ4v) is 1.57. The van der Waals surface area contributed by atoms with Gasteiger partial charge in [-0.05, 0) is 6.07 Å². The summed E-state index contributed by atoms with van der Waals surface area (Å²) in [6.45, 7) is 0. The van der Waals surface area contributed by atoms with Gasteiger partial charge in [-0.15, -0.1) is 0 Å². The van der Waals surface area contributed by atoms with Gasteiger partial charge >= 0.3 is 5.97 Å². The number of hydrogen-bond acceptors (Lipinski definition) is 3. The second kappa shape index (κ2) is 4.14. The highest BCUT2D eigenvalue weighted by atomic mass is 16.4. The highest BCUT2D eigenvalue weighted by Gasteiger charge is 2.12. The lowest BCUT2D eigenvalue weighted by molar-refractivity contribution is -0.136. The summed E-state index contributed by atoms with van der Waals surface area (Å²) >= 11 is 0. The van der Waals surface area contributed by atoms with Gasteiger partial charge in [-0.1, -0.05) is 6.07 Å². The molecule has 5 nitrogen and oxygen atoms in total. The standard InChI is InChI=1S/C11H11N3O2/c1-14-7-9(8-3-2-4-12-6-8)10(13-14)5-11(15)16/h2-4,6-7H,5H2,1H3,(H,15,16). The molecule has 0 bridgehead atoms. The average molecular weight is 217 g/mol. The molecular formula is C11H11N3O2. The summed E-state index contributed by atoms with van der Waals surface area (Å²) in [7, 11) is 1.77. The molecule has 16 heavy (non-hydrogen) atoms. The smallest absolute Gasteiger partial charge is 0.309 e. The zero-order chi connectivity index (χ0) is 11.5. The minimum absolute atomic E-state index is 0.0783. The molecule has 0 unspecified atom stereocenters. The lowest BCUT2D eigenvalue weighted by Gasteiger charge is -1.98. The van der Waals surface area contributed by atoms with Crippen LogP contribution in [0, 0.1) is 0 Å². The molecule has 0 aromatic carbocycles. The van der Waals surface area contributed by atoms with Crippen molar-refractivity contribution in [2.45, 2.75) is 6.42 Å². The van der Waals surface area contributed by atoms with Gasteiger partial charge in [0.05, 0.1) is 12.1 Å². The first-order chi connectivity index (χ1) is 7.66. The van der Waals surface area contributed by atoms with E-state index in [1.807, 2.05) is 12.1 Å². The van der Waals surface area contributed by atoms with Gasteiger partial charge < -0.3 is 5.11 Å². The van der Waals surface area contributed by atoms with E-state index in [9.17, 15) is 4.79 Å². The van der Waals surface area contributed by atoms with Crippen LogP contribution < -0.4 is 0 Å². The van der Waals surface area contributed by atoms with Crippen molar-refractivity contribution < 1.29 is 9.90 Å². The lowest BCUT2D eigenvalue weighted by atomic mass is 10.1. The number of aryl methyl sites for hydroxylation is 1. The van der Waals surface area contributed by atoms with E-state index in [1.165, 1.54) is 0 Å². The zero-order valence-electron chi connectivity index (χ0n) is 8.79. The Morgan fingerprint density at radius 1 is 1.56 bits per heavy atom. The Labute approximate surface area is 92.4 Å². The van der Waals surface area contributed by atoms with Crippen LogP contribution in [0.5, 0.6) is 0 Å². The molecule has 0 fully saturated rings. The summed E-state index contributed by atoms with van der Waals surface area (Å²) in [4.78, 5) is 14.7. The van der Waals surface area contributed by atoms with E-state index in [0.717, 1.165) is 11.1 Å². The van der Waals surface area contributed by atoms with Crippen molar-refractivity contribution in [3.8, 4) is 11.1 Å². The minimum Gasteiger partial charge on any atom is -0.481 e. The van der Waals surface area contributed by atoms with Crippen LogP contribution in [0.1, 0.15) is 5.69 Å². The van der Waals surface area contributed by atoms with Crippen LogP contribution in [0.15, 0.2) is 30.7 Å². The highest BCUT2D eigenvalue weighted by molar-refractivity contribution is 5.74. The first-order valence-corrected chi connectivity index (χ1v) is 4.81. The van der Waals surface area contributed by atoms with E-state index in [1.54, 1.807) is 30.3 Å². The second-order valence-electron chi connectivity index (χ2n) is 3.48. The number of pyridine rings is 1. The van der Waals surface area contributed by atoms with E-state index < -0.39 is 5.97 Å². The molecule has 0 radical (unpaired) electrons. The highest BCUT2D eigenvalue weighted by Crippen LogP contribution is 2.21. The van der Waals surface area contributed by atoms with E-state index in [0.29, 0.717) is 5.69 Å². The Bertz CT molecular complexity index is 505. The number of aromatic nitrogens is 3. The Morgan fingerprint density at radius 3 is 3.00 bits per heavy atom. The first kappa shape index (κ1) is 10.4. The molecule has 2 aromatic rings. The first-order valence-electron chi connectivity index (χ1n) is 4.81. The van der Waals surface area contributed by atoms with Gasteiger partial charge in [-0.25, -0.2) is 0 Å². The van der Waals surface area contributed by atoms with Crippen LogP contribution in [-0.2, 0) is 18.3 Å². The predicted molar refractivity (Wildman–Crippen MR) is 57.8 cm³/mol. The zero-order valence-corrected chi connectivity index (χ0v) is 8.79. The molecule has 0 spiro atoms. The SMILES string of the molecule is Cn1cc(-c2cccnc2)c(CC(=O)O)n1. The fourth-order valence-electron chi connectivity index (χ4n) is 1.57. The third-order valence-corrected chi connectivity index (χ3v) is 2.20. The third kappa shape index (κ3) is 2.08. The van der Waals surface area contributed by atoms with Gasteiger partial charge in [0.25, 0.3) is 0 Å². The van der Waals surface area contributed by atoms with E-state index in [4.69, 9.17) is 5.11 Å². The number of carboxylic acids is 1. The van der Waals surface area contributed by atoms with Crippen molar-refractivity contribution >= 4 is 5.97 Å². The van der Waals surface area contributed by atoms with Crippen LogP contribution in [0.2, 0.25) is 0 Å². The van der Waals surface area contributed by atoms with Gasteiger partial charge in [-0.2, -0.15) is 5.10 Å². The summed E-state index contributed by atoms with van der Waals surface area (Å²) in [5, 5.41) is 12.9. The van der Waals surface area contributed by atoms with Gasteiger partial charge in [0.2, 0.25) is 0 Å². The van der Waals surface area contributed by atoms with Crippen molar-refractivity contribution in [2.24, 2.45) is 7.05 Å². The van der Waals surface area contributed by atoms with Crippen molar-refractivity contribution in [3.63, 3.8) is 0 Å². The third-order valence-electron chi connectivity index (χ3n) is 2.20. The molecule has 1 N–H and O–H groups in total. The summed E-state index contributed by atoms with van der Waals surface area (Å²) in [6.07, 6.45) is 5.10. The van der Waals surface area contributed by atoms with Crippen LogP contribution >= 0.6 is 0 Å². The Balaban J connectivity index is 2.44. The van der Waals surface area contributed by atoms with Crippen LogP contribution in [-0.4, -0.2) is 25.8 Å². The molecule has 0 atom stereocenters. The minimum atomic E-state index is -0.885. The monoisotopic (exact) mass is 217 g/mol. The number of carboxylic acid groups (broad SMARTS) is 1. The average Bonchev–Trinajstić information content (AvgIpc) is 2.60. The Hall–Kier alpha value is -2.17. The number of aliphatic carboxylic acids is 1. The van der Waals surface area contributed by atoms with E-state index >= 15 is 0 Å². The molecule has 0 aliphatic heterocycles. The number of carbonyl (C=O) groups is 1. The van der Waals surface area contributed by atoms with E-state index in [2.05, 4.69) is 10.1 Å². The van der Waals surface area contributed by atoms with Crippen LogP contribution in [0.4, 0.5) is 0 Å². The quantitative estimate of drug-likeness (QED) is 0.836. The lowest BCUT2D eigenvalue weighted by Crippen LogP contribution is -2.02. The molecule has 82 valence electrons. The normalized spacial score (nSPS) is 10.3. The van der Waals surface area contributed by atoms with Crippen molar-refractivity contribution in [3.05, 3.63) is 36.4 Å². The summed E-state index contributed by atoms with van der Waals surface area (Å²) in [5.41, 5.74) is 2.26. The fraction of sp³-hybridized carbons (Fsp3) is 0.182. The largest absolute Gasteiger partial charge is 0.481 e. The van der Waals surface area contributed by atoms with Crippen LogP contribution in [0.3, 0.4) is 0 Å². The molecular weight excluding hydrogens is 206 g/mol. The number of nitrogens with zero attached hydrogens (tertiary/aromatic N) is 3. The van der Waals surface area contributed by atoms with Gasteiger partial charge in [-0.3, -0.25) is 14.5 Å². The summed E-state index contributed by atoms with van der Waals surface area (Å²) in [5.74, 6) is -0.885. The molecule has 0 saturated carbocycles. The molecule has 2 heterocycles. The molecule has 2 rings (SSSR count). The second-order valence-corrected chi connectivity index (χ2v) is 3.48. The van der Waals surface area contributed by atoms with E-state index in [-0.39, 0.29) is 6.42 Å². The molecule has 2 aromatic heterocycles. The number of rotatable bonds is 3. The van der Waals surface area contributed by atoms with Gasteiger partial charge in [0.15, 0.2) is 0 Å².